The van der Waals surface area contributed by atoms with Crippen molar-refractivity contribution >= 4 is 34.1 Å². The summed E-state index contributed by atoms with van der Waals surface area (Å²) >= 11 is 0. The fraction of sp³-hybridized carbons (Fsp3) is 0.787. The number of unbranched alkanes of at least 4 members (excludes halogenated alkanes) is 2. The molecule has 0 radical (unpaired) electrons. The second-order valence-electron chi connectivity index (χ2n) is 20.4. The molecule has 1 aromatic rings. The first-order valence-corrected chi connectivity index (χ1v) is 24.8. The van der Waals surface area contributed by atoms with Crippen LogP contribution in [0.5, 0.6) is 0 Å². The molecule has 0 bridgehead atoms. The average Bonchev–Trinajstić information content (AvgIpc) is 3.72. The summed E-state index contributed by atoms with van der Waals surface area (Å²) in [6.07, 6.45) is -0.123. The third-order valence-corrected chi connectivity index (χ3v) is 12.1. The quantitative estimate of drug-likeness (QED) is 0.0590. The number of ether oxygens (including phenoxy) is 7. The Morgan fingerprint density at radius 3 is 1.98 bits per heavy atom. The summed E-state index contributed by atoms with van der Waals surface area (Å²) in [5.74, 6) is -1.76. The van der Waals surface area contributed by atoms with E-state index in [1.165, 1.54) is 0 Å². The van der Waals surface area contributed by atoms with Crippen molar-refractivity contribution in [1.82, 2.24) is 9.80 Å². The highest BCUT2D eigenvalue weighted by Gasteiger charge is 2.53. The topological polar surface area (TPSA) is 183 Å². The second-order valence-corrected chi connectivity index (χ2v) is 22.0. The number of carbonyl (C=O) groups excluding carboxylic acids is 4. The minimum Gasteiger partial charge on any atom is -0.455 e. The van der Waals surface area contributed by atoms with Crippen molar-refractivity contribution in [2.24, 2.45) is 16.2 Å². The van der Waals surface area contributed by atoms with Gasteiger partial charge < -0.3 is 38.1 Å². The Kier molecular flexibility index (Phi) is 19.5. The number of piperidine rings is 1. The zero-order valence-electron chi connectivity index (χ0n) is 40.1. The first-order chi connectivity index (χ1) is 29.9. The molecule has 64 heavy (non-hydrogen) atoms. The summed E-state index contributed by atoms with van der Waals surface area (Å²) in [5.41, 5.74) is -2.05. The number of hydrogen-bond donors (Lipinski definition) is 0. The maximum absolute atomic E-state index is 14.3. The lowest BCUT2D eigenvalue weighted by molar-refractivity contribution is -0.264. The van der Waals surface area contributed by atoms with E-state index in [2.05, 4.69) is 6.92 Å². The molecule has 4 rings (SSSR count). The molecule has 3 aliphatic heterocycles. The van der Waals surface area contributed by atoms with Gasteiger partial charge in [-0.3, -0.25) is 23.5 Å². The first kappa shape index (κ1) is 53.3. The molecule has 364 valence electrons. The minimum atomic E-state index is -3.86. The van der Waals surface area contributed by atoms with E-state index >= 15 is 0 Å². The summed E-state index contributed by atoms with van der Waals surface area (Å²) in [4.78, 5) is 59.2. The van der Waals surface area contributed by atoms with Crippen LogP contribution in [0, 0.1) is 16.2 Å². The minimum absolute atomic E-state index is 0.0683. The molecule has 0 N–H and O–H groups in total. The van der Waals surface area contributed by atoms with Crippen LogP contribution in [0.25, 0.3) is 0 Å². The Balaban J connectivity index is 1.79. The summed E-state index contributed by atoms with van der Waals surface area (Å²) in [7, 11) is -3.86. The largest absolute Gasteiger partial charge is 0.455 e. The molecule has 16 nitrogen and oxygen atoms in total. The molecular weight excluding hydrogens is 849 g/mol. The Hall–Kier alpha value is -3.35. The summed E-state index contributed by atoms with van der Waals surface area (Å²) in [5, 5.41) is 0. The van der Waals surface area contributed by atoms with E-state index in [-0.39, 0.29) is 38.9 Å². The van der Waals surface area contributed by atoms with Crippen molar-refractivity contribution in [3.8, 4) is 0 Å². The van der Waals surface area contributed by atoms with Gasteiger partial charge in [0.05, 0.1) is 48.4 Å². The fourth-order valence-corrected chi connectivity index (χ4v) is 8.50. The van der Waals surface area contributed by atoms with Gasteiger partial charge in [-0.1, -0.05) is 56.5 Å². The predicted molar refractivity (Wildman–Crippen MR) is 238 cm³/mol. The van der Waals surface area contributed by atoms with Crippen molar-refractivity contribution in [3.05, 3.63) is 35.9 Å². The molecule has 3 aliphatic rings. The van der Waals surface area contributed by atoms with Gasteiger partial charge in [-0.25, -0.2) is 4.79 Å². The lowest BCUT2D eigenvalue weighted by Gasteiger charge is -2.50. The maximum Gasteiger partial charge on any atom is 0.410 e. The molecule has 0 spiro atoms. The molecule has 0 aliphatic carbocycles. The number of hydrogen-bond acceptors (Lipinski definition) is 15. The van der Waals surface area contributed by atoms with Crippen LogP contribution in [0.2, 0.25) is 0 Å². The highest BCUT2D eigenvalue weighted by Crippen LogP contribution is 2.37. The Labute approximate surface area is 381 Å². The monoisotopic (exact) mass is 925 g/mol. The Morgan fingerprint density at radius 1 is 0.812 bits per heavy atom. The zero-order valence-corrected chi connectivity index (χ0v) is 40.9. The van der Waals surface area contributed by atoms with E-state index < -0.39 is 93.1 Å². The number of benzene rings is 1. The van der Waals surface area contributed by atoms with Gasteiger partial charge in [0.1, 0.15) is 6.61 Å². The van der Waals surface area contributed by atoms with Crippen LogP contribution in [0.1, 0.15) is 133 Å². The molecule has 0 saturated carbocycles. The lowest BCUT2D eigenvalue weighted by Crippen LogP contribution is -2.66. The molecule has 3 fully saturated rings. The van der Waals surface area contributed by atoms with Gasteiger partial charge in [-0.05, 0) is 100.0 Å². The highest BCUT2D eigenvalue weighted by molar-refractivity contribution is 7.86. The smallest absolute Gasteiger partial charge is 0.410 e. The first-order valence-electron chi connectivity index (χ1n) is 23.0. The number of likely N-dealkylation sites (tertiary alicyclic amines) is 1. The third-order valence-electron chi connectivity index (χ3n) is 11.4. The number of rotatable bonds is 19. The summed E-state index contributed by atoms with van der Waals surface area (Å²) in [6.45, 7) is 18.9. The van der Waals surface area contributed by atoms with Crippen LogP contribution in [-0.2, 0) is 68.4 Å². The van der Waals surface area contributed by atoms with Gasteiger partial charge in [0.15, 0.2) is 30.8 Å². The number of nitrogens with zero attached hydrogens (tertiary/aromatic N) is 2. The van der Waals surface area contributed by atoms with Crippen LogP contribution in [0.4, 0.5) is 4.79 Å². The van der Waals surface area contributed by atoms with Crippen LogP contribution in [0.3, 0.4) is 0 Å². The predicted octanol–water partition coefficient (Wildman–Crippen LogP) is 7.16. The van der Waals surface area contributed by atoms with E-state index in [0.29, 0.717) is 45.4 Å². The number of carbonyl (C=O) groups is 4. The fourth-order valence-electron chi connectivity index (χ4n) is 7.83. The molecular formula is C47H76N2O14S. The summed E-state index contributed by atoms with van der Waals surface area (Å²) < 4.78 is 73.4. The van der Waals surface area contributed by atoms with Gasteiger partial charge in [-0.15, -0.1) is 0 Å². The van der Waals surface area contributed by atoms with Gasteiger partial charge in [0.2, 0.25) is 0 Å². The van der Waals surface area contributed by atoms with Crippen molar-refractivity contribution in [3.63, 3.8) is 0 Å². The van der Waals surface area contributed by atoms with E-state index in [1.807, 2.05) is 35.2 Å². The van der Waals surface area contributed by atoms with E-state index in [9.17, 15) is 27.6 Å². The SMILES string of the molecule is CCCCC[C@H](C[C@H]1CC(OS(C)(=O)=O)CCN1[C@H]1OC[C@@H](OC(=O)C(C)(C)C)C(OC(=O)C(C)(C)C)C1OC(=O)C(C)(C)C)N(CCCC1OCCO1)C(=O)OCc1ccccc1. The third kappa shape index (κ3) is 16.5. The van der Waals surface area contributed by atoms with Gasteiger partial charge in [0.25, 0.3) is 10.1 Å². The van der Waals surface area contributed by atoms with Crippen molar-refractivity contribution < 1.29 is 64.9 Å². The number of esters is 3. The van der Waals surface area contributed by atoms with E-state index in [1.54, 1.807) is 67.2 Å². The van der Waals surface area contributed by atoms with Gasteiger partial charge in [-0.2, -0.15) is 8.42 Å². The van der Waals surface area contributed by atoms with Gasteiger partial charge in [0, 0.05) is 31.6 Å². The van der Waals surface area contributed by atoms with Crippen LogP contribution < -0.4 is 0 Å². The molecule has 3 saturated heterocycles. The molecule has 3 unspecified atom stereocenters. The second kappa shape index (κ2) is 23.4. The standard InChI is InChI=1S/C47H76N2O14S/c1-12-13-15-21-33(49(24-18-22-37-56-26-27-57-37)44(53)59-30-32-19-16-14-17-20-32)28-34-29-35(63-64(11,54)55)23-25-48(34)40-39(62-43(52)47(8,9)10)38(61-42(51)46(5,6)7)36(31-58-40)60-41(50)45(2,3)4/h14,16-17,19-20,33-40H,12-13,15,18,21-31H2,1-11H3/t33-,34+,35?,36-,38?,39?,40+/m1/s1. The summed E-state index contributed by atoms with van der Waals surface area (Å²) in [6, 6.07) is 8.51. The van der Waals surface area contributed by atoms with E-state index in [4.69, 9.17) is 37.3 Å². The lowest BCUT2D eigenvalue weighted by atomic mass is 9.89. The molecule has 3 heterocycles. The van der Waals surface area contributed by atoms with E-state index in [0.717, 1.165) is 31.1 Å². The Morgan fingerprint density at radius 2 is 1.41 bits per heavy atom. The molecule has 17 heteroatoms. The number of amides is 1. The van der Waals surface area contributed by atoms with Crippen LogP contribution >= 0.6 is 0 Å². The Bertz CT molecular complexity index is 1770. The maximum atomic E-state index is 14.3. The van der Waals surface area contributed by atoms with Crippen LogP contribution in [0.15, 0.2) is 30.3 Å². The zero-order chi connectivity index (χ0) is 47.5. The molecule has 1 aromatic carbocycles. The van der Waals surface area contributed by atoms with Gasteiger partial charge >= 0.3 is 24.0 Å². The normalized spacial score (nSPS) is 24.4. The van der Waals surface area contributed by atoms with Crippen molar-refractivity contribution in [2.75, 3.05) is 39.2 Å². The molecule has 7 atom stereocenters. The van der Waals surface area contributed by atoms with Crippen molar-refractivity contribution in [1.29, 1.82) is 0 Å². The van der Waals surface area contributed by atoms with Crippen molar-refractivity contribution in [2.45, 2.75) is 183 Å². The highest BCUT2D eigenvalue weighted by atomic mass is 32.2. The average molecular weight is 925 g/mol. The van der Waals surface area contributed by atoms with Crippen LogP contribution in [-0.4, -0.2) is 130 Å². The molecule has 0 aromatic heterocycles. The molecule has 1 amide bonds.